The zero-order valence-corrected chi connectivity index (χ0v) is 13.2. The van der Waals surface area contributed by atoms with Gasteiger partial charge in [0.1, 0.15) is 11.4 Å². The number of nitrogens with one attached hydrogen (secondary N) is 1. The fourth-order valence-corrected chi connectivity index (χ4v) is 2.27. The zero-order valence-electron chi connectivity index (χ0n) is 13.2. The minimum atomic E-state index is -0.766. The van der Waals surface area contributed by atoms with Crippen molar-refractivity contribution in [3.63, 3.8) is 0 Å². The minimum absolute atomic E-state index is 0.113. The maximum Gasteiger partial charge on any atom is 0.279 e. The van der Waals surface area contributed by atoms with Crippen molar-refractivity contribution in [2.45, 2.75) is 13.3 Å². The summed E-state index contributed by atoms with van der Waals surface area (Å²) in [6.45, 7) is 1.45. The lowest BCUT2D eigenvalue weighted by Crippen LogP contribution is -2.26. The van der Waals surface area contributed by atoms with Crippen LogP contribution in [0.4, 0.5) is 15.8 Å². The van der Waals surface area contributed by atoms with Gasteiger partial charge in [-0.3, -0.25) is 25.0 Å². The maximum absolute atomic E-state index is 12.8. The van der Waals surface area contributed by atoms with E-state index in [0.717, 1.165) is 17.7 Å². The Balaban J connectivity index is 2.14. The van der Waals surface area contributed by atoms with Gasteiger partial charge in [-0.05, 0) is 31.0 Å². The van der Waals surface area contributed by atoms with E-state index in [1.54, 1.807) is 12.1 Å². The lowest BCUT2D eigenvalue weighted by atomic mass is 10.1. The summed E-state index contributed by atoms with van der Waals surface area (Å²) in [6, 6.07) is 7.75. The highest BCUT2D eigenvalue weighted by Gasteiger charge is 2.25. The van der Waals surface area contributed by atoms with Crippen molar-refractivity contribution in [3.8, 4) is 0 Å². The summed E-state index contributed by atoms with van der Waals surface area (Å²) in [5.41, 5.74) is -0.459. The molecule has 0 heterocycles. The number of nitrogens with zero attached hydrogens (tertiary/aromatic N) is 2. The number of hydrogen-bond donors (Lipinski definition) is 1. The van der Waals surface area contributed by atoms with Crippen molar-refractivity contribution >= 4 is 17.3 Å². The van der Waals surface area contributed by atoms with E-state index >= 15 is 0 Å². The third kappa shape index (κ3) is 4.34. The molecular formula is C16H14FN3O5. The van der Waals surface area contributed by atoms with Crippen LogP contribution in [-0.4, -0.2) is 22.3 Å². The Morgan fingerprint density at radius 2 is 1.60 bits per heavy atom. The average Bonchev–Trinajstić information content (AvgIpc) is 2.56. The molecule has 0 atom stereocenters. The van der Waals surface area contributed by atoms with Gasteiger partial charge >= 0.3 is 0 Å². The predicted octanol–water partition coefficient (Wildman–Crippen LogP) is 2.92. The highest BCUT2D eigenvalue weighted by molar-refractivity contribution is 5.96. The second-order valence-electron chi connectivity index (χ2n) is 5.29. The summed E-state index contributed by atoms with van der Waals surface area (Å²) in [4.78, 5) is 32.6. The van der Waals surface area contributed by atoms with Crippen LogP contribution >= 0.6 is 0 Å². The van der Waals surface area contributed by atoms with Crippen LogP contribution in [0.1, 0.15) is 21.5 Å². The van der Waals surface area contributed by atoms with Crippen molar-refractivity contribution in [3.05, 3.63) is 79.1 Å². The van der Waals surface area contributed by atoms with Crippen LogP contribution in [0, 0.1) is 33.0 Å². The molecule has 0 radical (unpaired) electrons. The first-order valence-corrected chi connectivity index (χ1v) is 7.25. The molecule has 2 aromatic carbocycles. The van der Waals surface area contributed by atoms with Crippen molar-refractivity contribution < 1.29 is 19.0 Å². The van der Waals surface area contributed by atoms with Crippen molar-refractivity contribution in [1.29, 1.82) is 0 Å². The van der Waals surface area contributed by atoms with E-state index < -0.39 is 27.1 Å². The maximum atomic E-state index is 12.8. The highest BCUT2D eigenvalue weighted by atomic mass is 19.1. The van der Waals surface area contributed by atoms with Gasteiger partial charge in [-0.25, -0.2) is 4.39 Å². The molecule has 0 saturated carbocycles. The quantitative estimate of drug-likeness (QED) is 0.637. The first-order chi connectivity index (χ1) is 11.8. The standard InChI is InChI=1S/C16H14FN3O5/c1-10-14(19(22)23)8-12(9-15(10)20(24)25)16(21)18-7-6-11-2-4-13(17)5-3-11/h2-5,8-9H,6-7H2,1H3,(H,18,21). The molecule has 25 heavy (non-hydrogen) atoms. The summed E-state index contributed by atoms with van der Waals surface area (Å²) in [6.07, 6.45) is 0.419. The van der Waals surface area contributed by atoms with Crippen LogP contribution in [-0.2, 0) is 6.42 Å². The highest BCUT2D eigenvalue weighted by Crippen LogP contribution is 2.29. The molecule has 2 aromatic rings. The van der Waals surface area contributed by atoms with Crippen molar-refractivity contribution in [2.24, 2.45) is 0 Å². The number of rotatable bonds is 6. The van der Waals surface area contributed by atoms with Gasteiger partial charge in [0.15, 0.2) is 0 Å². The second kappa shape index (κ2) is 7.47. The molecule has 9 heteroatoms. The minimum Gasteiger partial charge on any atom is -0.352 e. The first kappa shape index (κ1) is 18.0. The van der Waals surface area contributed by atoms with Gasteiger partial charge in [0.25, 0.3) is 17.3 Å². The van der Waals surface area contributed by atoms with E-state index in [0.29, 0.717) is 6.42 Å². The average molecular weight is 347 g/mol. The molecule has 0 spiro atoms. The van der Waals surface area contributed by atoms with E-state index in [2.05, 4.69) is 5.32 Å². The van der Waals surface area contributed by atoms with Gasteiger partial charge in [-0.2, -0.15) is 0 Å². The number of amides is 1. The Morgan fingerprint density at radius 1 is 1.08 bits per heavy atom. The second-order valence-corrected chi connectivity index (χ2v) is 5.29. The number of halogens is 1. The molecule has 0 aliphatic rings. The third-order valence-electron chi connectivity index (χ3n) is 3.62. The van der Waals surface area contributed by atoms with E-state index in [9.17, 15) is 29.4 Å². The molecule has 2 rings (SSSR count). The molecule has 0 fully saturated rings. The van der Waals surface area contributed by atoms with Gasteiger partial charge in [0, 0.05) is 18.7 Å². The summed E-state index contributed by atoms with van der Waals surface area (Å²) in [7, 11) is 0. The van der Waals surface area contributed by atoms with E-state index in [1.807, 2.05) is 0 Å². The Kier molecular flexibility index (Phi) is 5.38. The van der Waals surface area contributed by atoms with Crippen LogP contribution in [0.2, 0.25) is 0 Å². The molecule has 0 saturated heterocycles. The Labute approximate surface area is 141 Å². The Morgan fingerprint density at radius 3 is 2.08 bits per heavy atom. The summed E-state index contributed by atoms with van der Waals surface area (Å²) >= 11 is 0. The Bertz CT molecular complexity index is 801. The molecule has 0 unspecified atom stereocenters. The summed E-state index contributed by atoms with van der Waals surface area (Å²) < 4.78 is 12.8. The van der Waals surface area contributed by atoms with Gasteiger partial charge in [0.2, 0.25) is 0 Å². The summed E-state index contributed by atoms with van der Waals surface area (Å²) in [5, 5.41) is 24.6. The monoisotopic (exact) mass is 347 g/mol. The van der Waals surface area contributed by atoms with E-state index in [1.165, 1.54) is 19.1 Å². The lowest BCUT2D eigenvalue weighted by Gasteiger charge is -2.07. The molecular weight excluding hydrogens is 333 g/mol. The number of carbonyl (C=O) groups excluding carboxylic acids is 1. The van der Waals surface area contributed by atoms with Gasteiger partial charge in [0.05, 0.1) is 15.4 Å². The summed E-state index contributed by atoms with van der Waals surface area (Å²) in [5.74, 6) is -1.03. The number of nitro groups is 2. The molecule has 1 N–H and O–H groups in total. The molecule has 0 aliphatic heterocycles. The molecule has 130 valence electrons. The number of hydrogen-bond acceptors (Lipinski definition) is 5. The van der Waals surface area contributed by atoms with Gasteiger partial charge in [-0.1, -0.05) is 12.1 Å². The molecule has 0 bridgehead atoms. The van der Waals surface area contributed by atoms with Gasteiger partial charge < -0.3 is 5.32 Å². The number of benzene rings is 2. The smallest absolute Gasteiger partial charge is 0.279 e. The fraction of sp³-hybridized carbons (Fsp3) is 0.188. The molecule has 1 amide bonds. The number of carbonyl (C=O) groups is 1. The Hall–Kier alpha value is -3.36. The van der Waals surface area contributed by atoms with Crippen LogP contribution in [0.15, 0.2) is 36.4 Å². The fourth-order valence-electron chi connectivity index (χ4n) is 2.27. The molecule has 8 nitrogen and oxygen atoms in total. The van der Waals surface area contributed by atoms with Crippen LogP contribution in [0.3, 0.4) is 0 Å². The SMILES string of the molecule is Cc1c([N+](=O)[O-])cc(C(=O)NCCc2ccc(F)cc2)cc1[N+](=O)[O-]. The molecule has 0 aliphatic carbocycles. The van der Waals surface area contributed by atoms with Crippen molar-refractivity contribution in [2.75, 3.05) is 6.54 Å². The normalized spacial score (nSPS) is 10.3. The number of nitro benzene ring substituents is 2. The van der Waals surface area contributed by atoms with E-state index in [-0.39, 0.29) is 23.5 Å². The zero-order chi connectivity index (χ0) is 18.6. The first-order valence-electron chi connectivity index (χ1n) is 7.25. The topological polar surface area (TPSA) is 115 Å². The lowest BCUT2D eigenvalue weighted by molar-refractivity contribution is -0.395. The van der Waals surface area contributed by atoms with Crippen LogP contribution in [0.25, 0.3) is 0 Å². The van der Waals surface area contributed by atoms with Crippen LogP contribution in [0.5, 0.6) is 0 Å². The third-order valence-corrected chi connectivity index (χ3v) is 3.62. The van der Waals surface area contributed by atoms with E-state index in [4.69, 9.17) is 0 Å². The molecule has 0 aromatic heterocycles. The van der Waals surface area contributed by atoms with Crippen molar-refractivity contribution in [1.82, 2.24) is 5.32 Å². The largest absolute Gasteiger partial charge is 0.352 e. The van der Waals surface area contributed by atoms with Crippen LogP contribution < -0.4 is 5.32 Å². The van der Waals surface area contributed by atoms with Gasteiger partial charge in [-0.15, -0.1) is 0 Å². The predicted molar refractivity (Wildman–Crippen MR) is 86.9 cm³/mol.